The van der Waals surface area contributed by atoms with Gasteiger partial charge in [-0.15, -0.1) is 0 Å². The van der Waals surface area contributed by atoms with E-state index < -0.39 is 11.7 Å². The fraction of sp³-hybridized carbons (Fsp3) is 0.0714. The highest BCUT2D eigenvalue weighted by molar-refractivity contribution is 5.76. The summed E-state index contributed by atoms with van der Waals surface area (Å²) in [7, 11) is 0. The van der Waals surface area contributed by atoms with Crippen molar-refractivity contribution in [2.75, 3.05) is 0 Å². The van der Waals surface area contributed by atoms with Gasteiger partial charge in [0.15, 0.2) is 0 Å². The number of halogens is 3. The summed E-state index contributed by atoms with van der Waals surface area (Å²) in [5.74, 6) is -0.107. The maximum Gasteiger partial charge on any atom is 0.418 e. The number of nitriles is 1. The van der Waals surface area contributed by atoms with Crippen LogP contribution in [0.1, 0.15) is 21.5 Å². The predicted molar refractivity (Wildman–Crippen MR) is 65.9 cm³/mol. The lowest BCUT2D eigenvalue weighted by Gasteiger charge is -2.10. The Labute approximate surface area is 117 Å². The lowest BCUT2D eigenvalue weighted by Crippen LogP contribution is -2.05. The Balaban J connectivity index is 2.35. The van der Waals surface area contributed by atoms with Crippen LogP contribution in [-0.4, -0.2) is 11.3 Å². The number of carbonyl (C=O) groups is 1. The molecule has 0 fully saturated rings. The fourth-order valence-electron chi connectivity index (χ4n) is 1.55. The van der Waals surface area contributed by atoms with Gasteiger partial charge < -0.3 is 4.74 Å². The standard InChI is InChI=1S/C14H7F3N2O2/c15-14(16,17)11-4-12(7-19-6-11)21-13-2-1-9(8-20)3-10(13)5-18/h1-4,6-8H. The molecule has 0 amide bonds. The molecule has 1 aromatic carbocycles. The highest BCUT2D eigenvalue weighted by Gasteiger charge is 2.31. The van der Waals surface area contributed by atoms with Gasteiger partial charge in [-0.1, -0.05) is 0 Å². The minimum Gasteiger partial charge on any atom is -0.454 e. The molecule has 4 nitrogen and oxygen atoms in total. The minimum absolute atomic E-state index is 0.0389. The summed E-state index contributed by atoms with van der Waals surface area (Å²) >= 11 is 0. The maximum atomic E-state index is 12.6. The first-order valence-corrected chi connectivity index (χ1v) is 5.63. The van der Waals surface area contributed by atoms with Gasteiger partial charge in [-0.25, -0.2) is 0 Å². The summed E-state index contributed by atoms with van der Waals surface area (Å²) in [5.41, 5.74) is -0.652. The van der Waals surface area contributed by atoms with E-state index in [0.29, 0.717) is 12.5 Å². The Morgan fingerprint density at radius 2 is 2.00 bits per heavy atom. The molecule has 0 atom stereocenters. The molecule has 21 heavy (non-hydrogen) atoms. The first-order valence-electron chi connectivity index (χ1n) is 5.63. The summed E-state index contributed by atoms with van der Waals surface area (Å²) in [4.78, 5) is 14.1. The quantitative estimate of drug-likeness (QED) is 0.811. The number of hydrogen-bond acceptors (Lipinski definition) is 4. The van der Waals surface area contributed by atoms with Crippen LogP contribution < -0.4 is 4.74 Å². The fourth-order valence-corrected chi connectivity index (χ4v) is 1.55. The predicted octanol–water partition coefficient (Wildman–Crippen LogP) is 3.58. The lowest BCUT2D eigenvalue weighted by atomic mass is 10.1. The SMILES string of the molecule is N#Cc1cc(C=O)ccc1Oc1cncc(C(F)(F)F)c1. The Morgan fingerprint density at radius 3 is 2.62 bits per heavy atom. The minimum atomic E-state index is -4.54. The normalized spacial score (nSPS) is 10.8. The molecule has 0 aliphatic rings. The van der Waals surface area contributed by atoms with Gasteiger partial charge in [-0.05, 0) is 24.3 Å². The molecule has 0 aliphatic heterocycles. The highest BCUT2D eigenvalue weighted by atomic mass is 19.4. The van der Waals surface area contributed by atoms with Crippen LogP contribution in [0, 0.1) is 11.3 Å². The van der Waals surface area contributed by atoms with Crippen LogP contribution in [0.2, 0.25) is 0 Å². The van der Waals surface area contributed by atoms with Crippen molar-refractivity contribution < 1.29 is 22.7 Å². The number of benzene rings is 1. The third kappa shape index (κ3) is 3.36. The molecule has 0 N–H and O–H groups in total. The number of hydrogen-bond donors (Lipinski definition) is 0. The molecule has 1 aromatic heterocycles. The van der Waals surface area contributed by atoms with Gasteiger partial charge in [0.05, 0.1) is 17.3 Å². The maximum absolute atomic E-state index is 12.6. The van der Waals surface area contributed by atoms with Crippen LogP contribution in [0.5, 0.6) is 11.5 Å². The average molecular weight is 292 g/mol. The van der Waals surface area contributed by atoms with Gasteiger partial charge in [0, 0.05) is 11.8 Å². The van der Waals surface area contributed by atoms with Crippen molar-refractivity contribution >= 4 is 6.29 Å². The molecule has 0 radical (unpaired) electrons. The zero-order valence-electron chi connectivity index (χ0n) is 10.4. The van der Waals surface area contributed by atoms with Crippen molar-refractivity contribution in [3.63, 3.8) is 0 Å². The van der Waals surface area contributed by atoms with Crippen molar-refractivity contribution in [2.45, 2.75) is 6.18 Å². The van der Waals surface area contributed by atoms with Gasteiger partial charge in [0.2, 0.25) is 0 Å². The number of nitrogens with zero attached hydrogens (tertiary/aromatic N) is 2. The summed E-state index contributed by atoms with van der Waals surface area (Å²) in [6, 6.07) is 6.60. The molecule has 0 saturated carbocycles. The smallest absolute Gasteiger partial charge is 0.418 e. The van der Waals surface area contributed by atoms with Crippen LogP contribution in [0.25, 0.3) is 0 Å². The van der Waals surface area contributed by atoms with Gasteiger partial charge in [0.1, 0.15) is 23.9 Å². The van der Waals surface area contributed by atoms with E-state index in [2.05, 4.69) is 4.98 Å². The van der Waals surface area contributed by atoms with E-state index in [9.17, 15) is 18.0 Å². The van der Waals surface area contributed by atoms with Crippen LogP contribution in [0.15, 0.2) is 36.7 Å². The number of carbonyl (C=O) groups excluding carboxylic acids is 1. The van der Waals surface area contributed by atoms with E-state index in [1.54, 1.807) is 0 Å². The number of aromatic nitrogens is 1. The first-order chi connectivity index (χ1) is 9.94. The molecule has 0 bridgehead atoms. The molecule has 1 heterocycles. The van der Waals surface area contributed by atoms with E-state index in [4.69, 9.17) is 10.00 Å². The lowest BCUT2D eigenvalue weighted by molar-refractivity contribution is -0.137. The summed E-state index contributed by atoms with van der Waals surface area (Å²) in [6.07, 6.45) is -2.21. The van der Waals surface area contributed by atoms with E-state index in [0.717, 1.165) is 12.3 Å². The number of aldehydes is 1. The van der Waals surface area contributed by atoms with Crippen molar-refractivity contribution in [3.05, 3.63) is 53.3 Å². The molecular formula is C14H7F3N2O2. The molecule has 2 aromatic rings. The number of rotatable bonds is 3. The molecule has 0 unspecified atom stereocenters. The molecular weight excluding hydrogens is 285 g/mol. The van der Waals surface area contributed by atoms with Crippen LogP contribution in [-0.2, 0) is 6.18 Å². The topological polar surface area (TPSA) is 63.0 Å². The third-order valence-electron chi connectivity index (χ3n) is 2.53. The second-order valence-corrected chi connectivity index (χ2v) is 3.99. The second-order valence-electron chi connectivity index (χ2n) is 3.99. The molecule has 0 saturated heterocycles. The molecule has 0 aliphatic carbocycles. The van der Waals surface area contributed by atoms with Crippen molar-refractivity contribution in [1.82, 2.24) is 4.98 Å². The Kier molecular flexibility index (Phi) is 3.89. The van der Waals surface area contributed by atoms with Crippen LogP contribution in [0.4, 0.5) is 13.2 Å². The Hall–Kier alpha value is -2.88. The number of ether oxygens (including phenoxy) is 1. The van der Waals surface area contributed by atoms with E-state index >= 15 is 0 Å². The van der Waals surface area contributed by atoms with Crippen LogP contribution in [0.3, 0.4) is 0 Å². The van der Waals surface area contributed by atoms with E-state index in [1.165, 1.54) is 18.2 Å². The monoisotopic (exact) mass is 292 g/mol. The van der Waals surface area contributed by atoms with Crippen molar-refractivity contribution in [2.24, 2.45) is 0 Å². The first kappa shape index (κ1) is 14.5. The molecule has 7 heteroatoms. The molecule has 106 valence electrons. The highest BCUT2D eigenvalue weighted by Crippen LogP contribution is 2.32. The van der Waals surface area contributed by atoms with E-state index in [-0.39, 0.29) is 22.6 Å². The molecule has 2 rings (SSSR count). The molecule has 0 spiro atoms. The largest absolute Gasteiger partial charge is 0.454 e. The third-order valence-corrected chi connectivity index (χ3v) is 2.53. The average Bonchev–Trinajstić information content (AvgIpc) is 2.47. The van der Waals surface area contributed by atoms with Crippen LogP contribution >= 0.6 is 0 Å². The second kappa shape index (κ2) is 5.63. The Morgan fingerprint density at radius 1 is 1.24 bits per heavy atom. The van der Waals surface area contributed by atoms with E-state index in [1.807, 2.05) is 6.07 Å². The van der Waals surface area contributed by atoms with Gasteiger partial charge in [0.25, 0.3) is 0 Å². The van der Waals surface area contributed by atoms with Gasteiger partial charge >= 0.3 is 6.18 Å². The Bertz CT molecular complexity index is 721. The summed E-state index contributed by atoms with van der Waals surface area (Å²) < 4.78 is 42.9. The van der Waals surface area contributed by atoms with Gasteiger partial charge in [-0.2, -0.15) is 18.4 Å². The van der Waals surface area contributed by atoms with Crippen molar-refractivity contribution in [3.8, 4) is 17.6 Å². The number of pyridine rings is 1. The zero-order chi connectivity index (χ0) is 15.5. The van der Waals surface area contributed by atoms with Gasteiger partial charge in [-0.3, -0.25) is 9.78 Å². The summed E-state index contributed by atoms with van der Waals surface area (Å²) in [6.45, 7) is 0. The zero-order valence-corrected chi connectivity index (χ0v) is 10.4. The number of alkyl halides is 3. The summed E-state index contributed by atoms with van der Waals surface area (Å²) in [5, 5.41) is 8.96. The van der Waals surface area contributed by atoms with Crippen molar-refractivity contribution in [1.29, 1.82) is 5.26 Å².